The largest absolute Gasteiger partial charge is 0.497 e. The van der Waals surface area contributed by atoms with E-state index in [0.717, 1.165) is 23.7 Å². The van der Waals surface area contributed by atoms with Crippen molar-refractivity contribution in [3.63, 3.8) is 0 Å². The molecule has 0 saturated heterocycles. The molecule has 1 aromatic carbocycles. The lowest BCUT2D eigenvalue weighted by Gasteiger charge is -2.18. The highest BCUT2D eigenvalue weighted by Gasteiger charge is 2.10. The molecule has 0 aliphatic heterocycles. The van der Waals surface area contributed by atoms with Gasteiger partial charge >= 0.3 is 0 Å². The Morgan fingerprint density at radius 3 is 2.33 bits per heavy atom. The number of anilines is 2. The fourth-order valence-corrected chi connectivity index (χ4v) is 2.55. The molecule has 2 aromatic rings. The first-order chi connectivity index (χ1) is 10.2. The van der Waals surface area contributed by atoms with Crippen LogP contribution in [-0.2, 0) is 0 Å². The van der Waals surface area contributed by atoms with Crippen LogP contribution in [0.1, 0.15) is 13.8 Å². The first-order valence-corrected chi connectivity index (χ1v) is 7.56. The van der Waals surface area contributed by atoms with Crippen molar-refractivity contribution in [2.45, 2.75) is 23.9 Å². The summed E-state index contributed by atoms with van der Waals surface area (Å²) in [5, 5.41) is 0.592. The van der Waals surface area contributed by atoms with Crippen LogP contribution in [0.4, 0.5) is 11.9 Å². The minimum absolute atomic E-state index is 0.239. The van der Waals surface area contributed by atoms with Crippen molar-refractivity contribution >= 4 is 23.7 Å². The number of aromatic nitrogens is 3. The number of hydrogen-bond donors (Lipinski definition) is 1. The summed E-state index contributed by atoms with van der Waals surface area (Å²) in [4.78, 5) is 15.9. The van der Waals surface area contributed by atoms with E-state index < -0.39 is 0 Å². The molecule has 21 heavy (non-hydrogen) atoms. The minimum atomic E-state index is 0.239. The maximum absolute atomic E-state index is 5.78. The van der Waals surface area contributed by atoms with Gasteiger partial charge in [-0.1, -0.05) is 0 Å². The summed E-state index contributed by atoms with van der Waals surface area (Å²) in [7, 11) is 1.64. The molecule has 0 spiro atoms. The van der Waals surface area contributed by atoms with E-state index in [0.29, 0.717) is 11.1 Å². The van der Waals surface area contributed by atoms with Gasteiger partial charge in [0.2, 0.25) is 11.9 Å². The summed E-state index contributed by atoms with van der Waals surface area (Å²) in [6.07, 6.45) is 0. The van der Waals surface area contributed by atoms with Crippen LogP contribution >= 0.6 is 11.8 Å². The zero-order valence-electron chi connectivity index (χ0n) is 12.4. The van der Waals surface area contributed by atoms with Gasteiger partial charge in [-0.2, -0.15) is 15.0 Å². The van der Waals surface area contributed by atoms with E-state index in [1.165, 1.54) is 11.8 Å². The van der Waals surface area contributed by atoms with Crippen LogP contribution in [0.5, 0.6) is 5.75 Å². The highest BCUT2D eigenvalue weighted by atomic mass is 32.2. The van der Waals surface area contributed by atoms with E-state index in [-0.39, 0.29) is 5.95 Å². The van der Waals surface area contributed by atoms with Gasteiger partial charge in [0.15, 0.2) is 5.16 Å². The number of hydrogen-bond acceptors (Lipinski definition) is 7. The van der Waals surface area contributed by atoms with Crippen molar-refractivity contribution in [2.75, 3.05) is 30.8 Å². The van der Waals surface area contributed by atoms with E-state index in [4.69, 9.17) is 10.5 Å². The van der Waals surface area contributed by atoms with E-state index >= 15 is 0 Å². The van der Waals surface area contributed by atoms with Crippen molar-refractivity contribution < 1.29 is 4.74 Å². The summed E-state index contributed by atoms with van der Waals surface area (Å²) in [5.41, 5.74) is 5.78. The Labute approximate surface area is 128 Å². The molecule has 2 rings (SSSR count). The molecule has 0 bridgehead atoms. The Balaban J connectivity index is 2.22. The van der Waals surface area contributed by atoms with E-state index in [2.05, 4.69) is 28.8 Å². The quantitative estimate of drug-likeness (QED) is 0.878. The van der Waals surface area contributed by atoms with Gasteiger partial charge in [0, 0.05) is 18.0 Å². The molecule has 1 heterocycles. The highest BCUT2D eigenvalue weighted by molar-refractivity contribution is 7.99. The second-order valence-corrected chi connectivity index (χ2v) is 5.27. The van der Waals surface area contributed by atoms with Crippen molar-refractivity contribution in [1.82, 2.24) is 15.0 Å². The van der Waals surface area contributed by atoms with Gasteiger partial charge in [-0.25, -0.2) is 0 Å². The third-order valence-corrected chi connectivity index (χ3v) is 3.81. The molecule has 0 aliphatic rings. The Kier molecular flexibility index (Phi) is 5.21. The standard InChI is InChI=1S/C14H19N5OS/c1-4-19(5-2)13-16-12(15)17-14(18-13)21-11-8-6-10(20-3)7-9-11/h6-9H,4-5H2,1-3H3,(H2,15,16,17,18). The molecule has 112 valence electrons. The Morgan fingerprint density at radius 1 is 1.10 bits per heavy atom. The van der Waals surface area contributed by atoms with Crippen LogP contribution in [0, 0.1) is 0 Å². The summed E-state index contributed by atoms with van der Waals surface area (Å²) in [5.74, 6) is 1.67. The van der Waals surface area contributed by atoms with E-state index in [1.54, 1.807) is 7.11 Å². The third-order valence-electron chi connectivity index (χ3n) is 2.94. The summed E-state index contributed by atoms with van der Waals surface area (Å²) < 4.78 is 5.14. The SMILES string of the molecule is CCN(CC)c1nc(N)nc(Sc2ccc(OC)cc2)n1. The van der Waals surface area contributed by atoms with Gasteiger partial charge in [-0.15, -0.1) is 0 Å². The number of nitrogens with two attached hydrogens (primary N) is 1. The normalized spacial score (nSPS) is 10.4. The first-order valence-electron chi connectivity index (χ1n) is 6.74. The zero-order valence-corrected chi connectivity index (χ0v) is 13.2. The molecule has 2 N–H and O–H groups in total. The molecule has 0 unspecified atom stereocenters. The van der Waals surface area contributed by atoms with Gasteiger partial charge < -0.3 is 15.4 Å². The smallest absolute Gasteiger partial charge is 0.231 e. The topological polar surface area (TPSA) is 77.2 Å². The minimum Gasteiger partial charge on any atom is -0.497 e. The third kappa shape index (κ3) is 3.98. The number of methoxy groups -OCH3 is 1. The van der Waals surface area contributed by atoms with Crippen LogP contribution in [0.25, 0.3) is 0 Å². The maximum atomic E-state index is 5.78. The zero-order chi connectivity index (χ0) is 15.2. The molecule has 0 amide bonds. The van der Waals surface area contributed by atoms with Crippen molar-refractivity contribution in [3.05, 3.63) is 24.3 Å². The molecule has 7 heteroatoms. The number of nitrogen functional groups attached to an aromatic ring is 1. The maximum Gasteiger partial charge on any atom is 0.231 e. The molecule has 1 aromatic heterocycles. The molecule has 0 aliphatic carbocycles. The fourth-order valence-electron chi connectivity index (χ4n) is 1.80. The number of rotatable bonds is 6. The molecule has 0 fully saturated rings. The Hall–Kier alpha value is -2.02. The van der Waals surface area contributed by atoms with Crippen LogP contribution in [0.3, 0.4) is 0 Å². The molecule has 0 saturated carbocycles. The highest BCUT2D eigenvalue weighted by Crippen LogP contribution is 2.27. The van der Waals surface area contributed by atoms with Crippen molar-refractivity contribution in [3.8, 4) is 5.75 Å². The van der Waals surface area contributed by atoms with Gasteiger partial charge in [-0.3, -0.25) is 0 Å². The summed E-state index contributed by atoms with van der Waals surface area (Å²) in [6.45, 7) is 5.76. The van der Waals surface area contributed by atoms with Crippen LogP contribution in [0.2, 0.25) is 0 Å². The molecular weight excluding hydrogens is 286 g/mol. The van der Waals surface area contributed by atoms with Crippen LogP contribution in [0.15, 0.2) is 34.3 Å². The molecule has 6 nitrogen and oxygen atoms in total. The number of benzene rings is 1. The second-order valence-electron chi connectivity index (χ2n) is 4.23. The van der Waals surface area contributed by atoms with Crippen molar-refractivity contribution in [1.29, 1.82) is 0 Å². The van der Waals surface area contributed by atoms with Gasteiger partial charge in [0.05, 0.1) is 7.11 Å². The van der Waals surface area contributed by atoms with E-state index in [1.807, 2.05) is 29.2 Å². The van der Waals surface area contributed by atoms with Gasteiger partial charge in [0.1, 0.15) is 5.75 Å². The van der Waals surface area contributed by atoms with Crippen LogP contribution in [-0.4, -0.2) is 35.2 Å². The van der Waals surface area contributed by atoms with Crippen molar-refractivity contribution in [2.24, 2.45) is 0 Å². The Morgan fingerprint density at radius 2 is 1.76 bits per heavy atom. The lowest BCUT2D eigenvalue weighted by Crippen LogP contribution is -2.25. The summed E-state index contributed by atoms with van der Waals surface area (Å²) in [6, 6.07) is 7.72. The second kappa shape index (κ2) is 7.12. The predicted molar refractivity (Wildman–Crippen MR) is 84.9 cm³/mol. The predicted octanol–water partition coefficient (Wildman–Crippen LogP) is 2.46. The molecule has 0 atom stereocenters. The monoisotopic (exact) mass is 305 g/mol. The molecule has 0 radical (unpaired) electrons. The average molecular weight is 305 g/mol. The number of ether oxygens (including phenoxy) is 1. The summed E-state index contributed by atoms with van der Waals surface area (Å²) >= 11 is 1.45. The van der Waals surface area contributed by atoms with Gasteiger partial charge in [-0.05, 0) is 49.9 Å². The average Bonchev–Trinajstić information content (AvgIpc) is 2.49. The Bertz CT molecular complexity index is 586. The lowest BCUT2D eigenvalue weighted by molar-refractivity contribution is 0.414. The van der Waals surface area contributed by atoms with Crippen LogP contribution < -0.4 is 15.4 Å². The molecular formula is C14H19N5OS. The first kappa shape index (κ1) is 15.4. The van der Waals surface area contributed by atoms with Gasteiger partial charge in [0.25, 0.3) is 0 Å². The van der Waals surface area contributed by atoms with E-state index in [9.17, 15) is 0 Å². The lowest BCUT2D eigenvalue weighted by atomic mass is 10.3. The number of nitrogens with zero attached hydrogens (tertiary/aromatic N) is 4. The fraction of sp³-hybridized carbons (Fsp3) is 0.357.